The SMILES string of the molecule is CN.[Pd].c1ccc(P(c2ccccc2)c2ccccc2)cc1.c1ccc(P(c2ccccc2)c2ccccc2)cc1.c1ccc(P(c2ccccc2)c2ccccc2)cc1.c1ccc(P(c2ccccc2)c2ccccc2)cc1. The molecule has 0 saturated carbocycles. The van der Waals surface area contributed by atoms with Gasteiger partial charge in [0.05, 0.1) is 0 Å². The second-order valence-corrected chi connectivity index (χ2v) is 26.2. The first-order chi connectivity index (χ1) is 38.8. The van der Waals surface area contributed by atoms with E-state index in [1.54, 1.807) is 0 Å². The Kier molecular flexibility index (Phi) is 25.7. The molecule has 1 nitrogen and oxygen atoms in total. The summed E-state index contributed by atoms with van der Waals surface area (Å²) in [6, 6.07) is 129. The second-order valence-electron chi connectivity index (χ2n) is 17.4. The van der Waals surface area contributed by atoms with Crippen LogP contribution in [0.2, 0.25) is 0 Å². The zero-order chi connectivity index (χ0) is 53.7. The van der Waals surface area contributed by atoms with Crippen LogP contribution in [-0.4, -0.2) is 7.05 Å². The average molecular weight is 1190 g/mol. The Labute approximate surface area is 489 Å². The third-order valence-electron chi connectivity index (χ3n) is 12.2. The fourth-order valence-corrected chi connectivity index (χ4v) is 17.9. The Bertz CT molecular complexity index is 2580. The summed E-state index contributed by atoms with van der Waals surface area (Å²) in [5.41, 5.74) is 4.50. The van der Waals surface area contributed by atoms with Gasteiger partial charge in [0.25, 0.3) is 0 Å². The maximum absolute atomic E-state index is 4.50. The number of hydrogen-bond donors (Lipinski definition) is 1. The van der Waals surface area contributed by atoms with Crippen LogP contribution in [0.15, 0.2) is 364 Å². The molecule has 0 bridgehead atoms. The average Bonchev–Trinajstić information content (AvgIpc) is 3.55. The van der Waals surface area contributed by atoms with E-state index in [9.17, 15) is 0 Å². The number of nitrogens with two attached hydrogens (primary N) is 1. The van der Waals surface area contributed by atoms with Crippen LogP contribution in [0, 0.1) is 0 Å². The van der Waals surface area contributed by atoms with Crippen molar-refractivity contribution in [1.29, 1.82) is 0 Å². The molecular formula is C73H65NP4Pd. The summed E-state index contributed by atoms with van der Waals surface area (Å²) in [6.45, 7) is 0. The zero-order valence-corrected chi connectivity index (χ0v) is 49.5. The Morgan fingerprint density at radius 1 is 0.139 bits per heavy atom. The van der Waals surface area contributed by atoms with Gasteiger partial charge in [0.2, 0.25) is 0 Å². The molecule has 6 heteroatoms. The summed E-state index contributed by atoms with van der Waals surface area (Å²) in [6.07, 6.45) is 0. The predicted molar refractivity (Wildman–Crippen MR) is 351 cm³/mol. The summed E-state index contributed by atoms with van der Waals surface area (Å²) in [4.78, 5) is 0. The molecule has 12 rings (SSSR count). The molecule has 0 aromatic heterocycles. The normalized spacial score (nSPS) is 10.3. The van der Waals surface area contributed by atoms with Crippen LogP contribution >= 0.6 is 31.7 Å². The Balaban J connectivity index is 0.000000150. The second kappa shape index (κ2) is 34.1. The van der Waals surface area contributed by atoms with E-state index in [0.29, 0.717) is 0 Å². The molecule has 0 heterocycles. The molecular weight excluding hydrogens is 1120 g/mol. The summed E-state index contributed by atoms with van der Waals surface area (Å²) >= 11 is 0. The summed E-state index contributed by atoms with van der Waals surface area (Å²) in [5, 5.41) is 16.8. The Morgan fingerprint density at radius 2 is 0.203 bits per heavy atom. The molecule has 12 aromatic carbocycles. The fraction of sp³-hybridized carbons (Fsp3) is 0.0137. The van der Waals surface area contributed by atoms with Crippen LogP contribution in [0.25, 0.3) is 0 Å². The van der Waals surface area contributed by atoms with Crippen LogP contribution in [-0.2, 0) is 20.4 Å². The third kappa shape index (κ3) is 18.0. The molecule has 0 atom stereocenters. The van der Waals surface area contributed by atoms with E-state index in [4.69, 9.17) is 0 Å². The number of hydrogen-bond acceptors (Lipinski definition) is 1. The van der Waals surface area contributed by atoms with E-state index in [0.717, 1.165) is 0 Å². The molecule has 0 aliphatic heterocycles. The van der Waals surface area contributed by atoms with E-state index in [1.165, 1.54) is 70.7 Å². The smallest absolute Gasteiger partial charge is 0 e. The molecule has 392 valence electrons. The van der Waals surface area contributed by atoms with Gasteiger partial charge in [-0.15, -0.1) is 0 Å². The van der Waals surface area contributed by atoms with Gasteiger partial charge in [0, 0.05) is 20.4 Å². The van der Waals surface area contributed by atoms with Crippen molar-refractivity contribution in [2.75, 3.05) is 7.05 Å². The standard InChI is InChI=1S/4C18H15P.CH5N.Pd/c4*1-4-10-16(11-5-1)19(17-12-6-2-7-13-17)18-14-8-3-9-15-18;1-2;/h4*1-15H;2H2,1H3;. The van der Waals surface area contributed by atoms with Gasteiger partial charge in [-0.2, -0.15) is 0 Å². The fourth-order valence-electron chi connectivity index (χ4n) is 8.71. The van der Waals surface area contributed by atoms with Gasteiger partial charge < -0.3 is 5.73 Å². The zero-order valence-electron chi connectivity index (χ0n) is 44.3. The van der Waals surface area contributed by atoms with Crippen molar-refractivity contribution in [2.45, 2.75) is 0 Å². The van der Waals surface area contributed by atoms with Crippen molar-refractivity contribution in [1.82, 2.24) is 0 Å². The van der Waals surface area contributed by atoms with Crippen molar-refractivity contribution in [3.05, 3.63) is 364 Å². The first-order valence-corrected chi connectivity index (χ1v) is 31.6. The molecule has 0 saturated heterocycles. The molecule has 0 amide bonds. The molecule has 0 aliphatic carbocycles. The summed E-state index contributed by atoms with van der Waals surface area (Å²) in [5.74, 6) is 0. The van der Waals surface area contributed by atoms with Gasteiger partial charge in [-0.25, -0.2) is 0 Å². The molecule has 0 fully saturated rings. The van der Waals surface area contributed by atoms with Gasteiger partial charge in [-0.1, -0.05) is 364 Å². The maximum Gasteiger partial charge on any atom is 0 e. The van der Waals surface area contributed by atoms with E-state index in [1.807, 2.05) is 0 Å². The van der Waals surface area contributed by atoms with Crippen molar-refractivity contribution >= 4 is 95.3 Å². The van der Waals surface area contributed by atoms with Gasteiger partial charge in [0.1, 0.15) is 0 Å². The molecule has 0 unspecified atom stereocenters. The maximum atomic E-state index is 4.50. The van der Waals surface area contributed by atoms with E-state index in [2.05, 4.69) is 370 Å². The summed E-state index contributed by atoms with van der Waals surface area (Å²) in [7, 11) is -0.284. The molecule has 79 heavy (non-hydrogen) atoms. The van der Waals surface area contributed by atoms with Crippen LogP contribution in [0.5, 0.6) is 0 Å². The van der Waals surface area contributed by atoms with Crippen molar-refractivity contribution in [3.8, 4) is 0 Å². The van der Waals surface area contributed by atoms with Gasteiger partial charge in [-0.05, 0) is 102 Å². The number of rotatable bonds is 12. The quantitative estimate of drug-likeness (QED) is 0.0957. The van der Waals surface area contributed by atoms with Crippen LogP contribution in [0.3, 0.4) is 0 Å². The molecule has 0 spiro atoms. The van der Waals surface area contributed by atoms with Crippen molar-refractivity contribution < 1.29 is 20.4 Å². The minimum atomic E-state index is -0.446. The monoisotopic (exact) mass is 1190 g/mol. The van der Waals surface area contributed by atoms with Crippen molar-refractivity contribution in [2.24, 2.45) is 5.73 Å². The molecule has 0 radical (unpaired) electrons. The topological polar surface area (TPSA) is 26.0 Å². The largest absolute Gasteiger partial charge is 0.333 e. The van der Waals surface area contributed by atoms with Gasteiger partial charge in [0.15, 0.2) is 0 Å². The minimum absolute atomic E-state index is 0. The van der Waals surface area contributed by atoms with E-state index >= 15 is 0 Å². The molecule has 0 aliphatic rings. The number of benzene rings is 12. The van der Waals surface area contributed by atoms with E-state index < -0.39 is 31.7 Å². The van der Waals surface area contributed by atoms with Crippen LogP contribution in [0.4, 0.5) is 0 Å². The Morgan fingerprint density at radius 3 is 0.266 bits per heavy atom. The molecule has 2 N–H and O–H groups in total. The first kappa shape index (κ1) is 59.6. The Hall–Kier alpha value is -7.02. The van der Waals surface area contributed by atoms with Crippen LogP contribution in [0.1, 0.15) is 0 Å². The first-order valence-electron chi connectivity index (χ1n) is 26.2. The van der Waals surface area contributed by atoms with Gasteiger partial charge >= 0.3 is 0 Å². The predicted octanol–water partition coefficient (Wildman–Crippen LogP) is 13.4. The third-order valence-corrected chi connectivity index (χ3v) is 21.9. The van der Waals surface area contributed by atoms with Crippen LogP contribution < -0.4 is 69.4 Å². The molecule has 12 aromatic rings. The minimum Gasteiger partial charge on any atom is -0.333 e. The van der Waals surface area contributed by atoms with Gasteiger partial charge in [-0.3, -0.25) is 0 Å². The summed E-state index contributed by atoms with van der Waals surface area (Å²) < 4.78 is 0. The van der Waals surface area contributed by atoms with Crippen molar-refractivity contribution in [3.63, 3.8) is 0 Å². The van der Waals surface area contributed by atoms with E-state index in [-0.39, 0.29) is 20.4 Å².